The topological polar surface area (TPSA) is 55.4 Å². The number of thiophene rings is 1. The van der Waals surface area contributed by atoms with Gasteiger partial charge in [-0.05, 0) is 30.4 Å². The van der Waals surface area contributed by atoms with Gasteiger partial charge in [0.05, 0.1) is 0 Å². The van der Waals surface area contributed by atoms with Crippen LogP contribution in [0.15, 0.2) is 35.7 Å². The molecule has 1 N–H and O–H groups in total. The summed E-state index contributed by atoms with van der Waals surface area (Å²) in [5, 5.41) is 4.52. The lowest BCUT2D eigenvalue weighted by Gasteiger charge is -2.07. The second kappa shape index (κ2) is 7.75. The number of carbonyl (C=O) groups excluding carboxylic acids is 2. The second-order valence-corrected chi connectivity index (χ2v) is 5.87. The minimum absolute atomic E-state index is 0.246. The van der Waals surface area contributed by atoms with Gasteiger partial charge in [-0.15, -0.1) is 11.3 Å². The van der Waals surface area contributed by atoms with Gasteiger partial charge in [0.2, 0.25) is 0 Å². The Labute approximate surface area is 134 Å². The Hall–Kier alpha value is -2.14. The first-order valence-electron chi connectivity index (χ1n) is 7.20. The SMILES string of the molecule is CCCNC(=O)COC(=O)c1sccc1-c1ccc(C)cc1. The van der Waals surface area contributed by atoms with Gasteiger partial charge in [-0.25, -0.2) is 4.79 Å². The third-order valence-corrected chi connectivity index (χ3v) is 4.01. The molecule has 0 atom stereocenters. The van der Waals surface area contributed by atoms with Crippen molar-refractivity contribution in [3.05, 3.63) is 46.2 Å². The molecule has 1 aromatic carbocycles. The number of carbonyl (C=O) groups is 2. The number of esters is 1. The molecular weight excluding hydrogens is 298 g/mol. The highest BCUT2D eigenvalue weighted by Crippen LogP contribution is 2.29. The van der Waals surface area contributed by atoms with Gasteiger partial charge < -0.3 is 10.1 Å². The summed E-state index contributed by atoms with van der Waals surface area (Å²) in [6, 6.07) is 9.84. The van der Waals surface area contributed by atoms with Crippen LogP contribution in [0.1, 0.15) is 28.6 Å². The molecule has 22 heavy (non-hydrogen) atoms. The maximum absolute atomic E-state index is 12.2. The molecule has 0 spiro atoms. The fourth-order valence-corrected chi connectivity index (χ4v) is 2.75. The first-order valence-corrected chi connectivity index (χ1v) is 8.08. The predicted molar refractivity (Wildman–Crippen MR) is 88.1 cm³/mol. The molecule has 4 nitrogen and oxygen atoms in total. The van der Waals surface area contributed by atoms with Crippen molar-refractivity contribution in [3.8, 4) is 11.1 Å². The van der Waals surface area contributed by atoms with E-state index in [1.807, 2.05) is 49.6 Å². The van der Waals surface area contributed by atoms with Crippen molar-refractivity contribution in [1.82, 2.24) is 5.32 Å². The average molecular weight is 317 g/mol. The van der Waals surface area contributed by atoms with Crippen LogP contribution in [-0.4, -0.2) is 25.0 Å². The van der Waals surface area contributed by atoms with Crippen molar-refractivity contribution in [2.45, 2.75) is 20.3 Å². The van der Waals surface area contributed by atoms with Gasteiger partial charge in [-0.2, -0.15) is 0 Å². The van der Waals surface area contributed by atoms with Crippen LogP contribution in [0, 0.1) is 6.92 Å². The van der Waals surface area contributed by atoms with E-state index in [-0.39, 0.29) is 12.5 Å². The molecule has 2 aromatic rings. The summed E-state index contributed by atoms with van der Waals surface area (Å²) in [4.78, 5) is 24.2. The van der Waals surface area contributed by atoms with E-state index in [1.165, 1.54) is 11.3 Å². The van der Waals surface area contributed by atoms with Gasteiger partial charge in [0.1, 0.15) is 4.88 Å². The van der Waals surface area contributed by atoms with Gasteiger partial charge in [0.15, 0.2) is 6.61 Å². The van der Waals surface area contributed by atoms with E-state index in [9.17, 15) is 9.59 Å². The van der Waals surface area contributed by atoms with Crippen molar-refractivity contribution in [2.24, 2.45) is 0 Å². The van der Waals surface area contributed by atoms with E-state index in [0.717, 1.165) is 23.1 Å². The largest absolute Gasteiger partial charge is 0.451 e. The first-order chi connectivity index (χ1) is 10.6. The lowest BCUT2D eigenvalue weighted by molar-refractivity contribution is -0.124. The average Bonchev–Trinajstić information content (AvgIpc) is 3.01. The third-order valence-electron chi connectivity index (χ3n) is 3.12. The van der Waals surface area contributed by atoms with E-state index < -0.39 is 5.97 Å². The van der Waals surface area contributed by atoms with Crippen molar-refractivity contribution >= 4 is 23.2 Å². The Morgan fingerprint density at radius 2 is 1.91 bits per heavy atom. The highest BCUT2D eigenvalue weighted by atomic mass is 32.1. The third kappa shape index (κ3) is 4.18. The van der Waals surface area contributed by atoms with Crippen LogP contribution in [0.3, 0.4) is 0 Å². The minimum Gasteiger partial charge on any atom is -0.451 e. The highest BCUT2D eigenvalue weighted by molar-refractivity contribution is 7.12. The van der Waals surface area contributed by atoms with Crippen LogP contribution in [-0.2, 0) is 9.53 Å². The molecule has 0 saturated heterocycles. The monoisotopic (exact) mass is 317 g/mol. The maximum atomic E-state index is 12.2. The quantitative estimate of drug-likeness (QED) is 0.831. The molecule has 0 saturated carbocycles. The van der Waals surface area contributed by atoms with Crippen LogP contribution in [0.25, 0.3) is 11.1 Å². The van der Waals surface area contributed by atoms with E-state index in [4.69, 9.17) is 4.74 Å². The van der Waals surface area contributed by atoms with Crippen LogP contribution < -0.4 is 5.32 Å². The normalized spacial score (nSPS) is 10.3. The fraction of sp³-hybridized carbons (Fsp3) is 0.294. The van der Waals surface area contributed by atoms with Gasteiger partial charge in [-0.3, -0.25) is 4.79 Å². The van der Waals surface area contributed by atoms with Gasteiger partial charge >= 0.3 is 5.97 Å². The Morgan fingerprint density at radius 3 is 2.59 bits per heavy atom. The summed E-state index contributed by atoms with van der Waals surface area (Å²) in [7, 11) is 0. The Morgan fingerprint density at radius 1 is 1.18 bits per heavy atom. The van der Waals surface area contributed by atoms with E-state index in [2.05, 4.69) is 5.32 Å². The number of aryl methyl sites for hydroxylation is 1. The maximum Gasteiger partial charge on any atom is 0.349 e. The molecule has 0 aliphatic carbocycles. The van der Waals surface area contributed by atoms with E-state index in [1.54, 1.807) is 0 Å². The molecule has 1 heterocycles. The summed E-state index contributed by atoms with van der Waals surface area (Å²) in [5.74, 6) is -0.735. The van der Waals surface area contributed by atoms with Crippen LogP contribution in [0.2, 0.25) is 0 Å². The smallest absolute Gasteiger partial charge is 0.349 e. The molecule has 2 rings (SSSR count). The summed E-state index contributed by atoms with van der Waals surface area (Å²) < 4.78 is 5.09. The molecule has 0 aliphatic heterocycles. The second-order valence-electron chi connectivity index (χ2n) is 4.96. The van der Waals surface area contributed by atoms with Gasteiger partial charge in [0.25, 0.3) is 5.91 Å². The molecule has 1 amide bonds. The lowest BCUT2D eigenvalue weighted by atomic mass is 10.1. The molecular formula is C17H19NO3S. The summed E-state index contributed by atoms with van der Waals surface area (Å²) in [6.07, 6.45) is 0.849. The number of hydrogen-bond donors (Lipinski definition) is 1. The minimum atomic E-state index is -0.461. The number of benzene rings is 1. The molecule has 0 unspecified atom stereocenters. The van der Waals surface area contributed by atoms with Gasteiger partial charge in [0, 0.05) is 12.1 Å². The van der Waals surface area contributed by atoms with Crippen molar-refractivity contribution in [2.75, 3.05) is 13.2 Å². The highest BCUT2D eigenvalue weighted by Gasteiger charge is 2.17. The molecule has 0 bridgehead atoms. The van der Waals surface area contributed by atoms with E-state index >= 15 is 0 Å². The zero-order valence-electron chi connectivity index (χ0n) is 12.7. The summed E-state index contributed by atoms with van der Waals surface area (Å²) in [5.41, 5.74) is 2.97. The molecule has 0 fully saturated rings. The number of amides is 1. The summed E-state index contributed by atoms with van der Waals surface area (Å²) in [6.45, 7) is 4.32. The number of hydrogen-bond acceptors (Lipinski definition) is 4. The summed E-state index contributed by atoms with van der Waals surface area (Å²) >= 11 is 1.32. The van der Waals surface area contributed by atoms with E-state index in [0.29, 0.717) is 11.4 Å². The van der Waals surface area contributed by atoms with Crippen LogP contribution >= 0.6 is 11.3 Å². The Bertz CT molecular complexity index is 646. The van der Waals surface area contributed by atoms with Crippen molar-refractivity contribution in [1.29, 1.82) is 0 Å². The predicted octanol–water partition coefficient (Wildman–Crippen LogP) is 3.41. The van der Waals surface area contributed by atoms with Crippen molar-refractivity contribution < 1.29 is 14.3 Å². The molecule has 0 radical (unpaired) electrons. The Balaban J connectivity index is 2.04. The standard InChI is InChI=1S/C17H19NO3S/c1-3-9-18-15(19)11-21-17(20)16-14(8-10-22-16)13-6-4-12(2)5-7-13/h4-8,10H,3,9,11H2,1-2H3,(H,18,19). The van der Waals surface area contributed by atoms with Crippen LogP contribution in [0.5, 0.6) is 0 Å². The Kier molecular flexibility index (Phi) is 5.72. The number of ether oxygens (including phenoxy) is 1. The number of nitrogens with one attached hydrogen (secondary N) is 1. The molecule has 5 heteroatoms. The molecule has 1 aromatic heterocycles. The fourth-order valence-electron chi connectivity index (χ4n) is 1.94. The van der Waals surface area contributed by atoms with Crippen LogP contribution in [0.4, 0.5) is 0 Å². The zero-order chi connectivity index (χ0) is 15.9. The van der Waals surface area contributed by atoms with Gasteiger partial charge in [-0.1, -0.05) is 36.8 Å². The molecule has 116 valence electrons. The first kappa shape index (κ1) is 16.2. The number of rotatable bonds is 6. The lowest BCUT2D eigenvalue weighted by Crippen LogP contribution is -2.29. The zero-order valence-corrected chi connectivity index (χ0v) is 13.5. The van der Waals surface area contributed by atoms with Crippen molar-refractivity contribution in [3.63, 3.8) is 0 Å². The molecule has 0 aliphatic rings.